The second-order valence-corrected chi connectivity index (χ2v) is 4.53. The molecule has 2 heteroatoms. The molecule has 0 saturated carbocycles. The van der Waals surface area contributed by atoms with Crippen LogP contribution in [0, 0.1) is 6.92 Å². The van der Waals surface area contributed by atoms with Crippen molar-refractivity contribution in [3.05, 3.63) is 53.6 Å². The molecule has 0 radical (unpaired) electrons. The minimum absolute atomic E-state index is 0.756. The molecule has 2 aromatic rings. The number of anilines is 1. The summed E-state index contributed by atoms with van der Waals surface area (Å²) in [6.45, 7) is 2.81. The van der Waals surface area contributed by atoms with Gasteiger partial charge in [0.15, 0.2) is 0 Å². The van der Waals surface area contributed by atoms with Gasteiger partial charge in [-0.3, -0.25) is 0 Å². The molecule has 0 atom stereocenters. The summed E-state index contributed by atoms with van der Waals surface area (Å²) in [5.74, 6) is 0. The molecule has 94 valence electrons. The van der Waals surface area contributed by atoms with Crippen LogP contribution in [0.3, 0.4) is 0 Å². The summed E-state index contributed by atoms with van der Waals surface area (Å²) in [4.78, 5) is 0. The Balaban J connectivity index is 2.23. The molecular formula is C16H19NO. The minimum Gasteiger partial charge on any atom is -0.398 e. The van der Waals surface area contributed by atoms with Crippen molar-refractivity contribution in [2.75, 3.05) is 19.5 Å². The third-order valence-corrected chi connectivity index (χ3v) is 3.07. The van der Waals surface area contributed by atoms with E-state index in [4.69, 9.17) is 10.5 Å². The Morgan fingerprint density at radius 3 is 2.39 bits per heavy atom. The standard InChI is InChI=1S/C16H19NO/c1-12-3-8-15(16(17)11-12)14-6-4-13(5-7-14)9-10-18-2/h3-8,11H,9-10,17H2,1-2H3. The first kappa shape index (κ1) is 12.7. The number of nitrogens with two attached hydrogens (primary N) is 1. The molecule has 0 amide bonds. The van der Waals surface area contributed by atoms with Gasteiger partial charge in [0.2, 0.25) is 0 Å². The van der Waals surface area contributed by atoms with Crippen molar-refractivity contribution in [3.8, 4) is 11.1 Å². The molecule has 2 rings (SSSR count). The Kier molecular flexibility index (Phi) is 4.00. The molecule has 18 heavy (non-hydrogen) atoms. The van der Waals surface area contributed by atoms with Gasteiger partial charge in [0.1, 0.15) is 0 Å². The fourth-order valence-corrected chi connectivity index (χ4v) is 2.02. The Morgan fingerprint density at radius 2 is 1.78 bits per heavy atom. The second kappa shape index (κ2) is 5.69. The Bertz CT molecular complexity index is 517. The number of aryl methyl sites for hydroxylation is 1. The second-order valence-electron chi connectivity index (χ2n) is 4.53. The van der Waals surface area contributed by atoms with E-state index in [9.17, 15) is 0 Å². The van der Waals surface area contributed by atoms with E-state index in [0.29, 0.717) is 0 Å². The van der Waals surface area contributed by atoms with Gasteiger partial charge in [0.05, 0.1) is 6.61 Å². The van der Waals surface area contributed by atoms with Crippen molar-refractivity contribution in [2.45, 2.75) is 13.3 Å². The first-order valence-electron chi connectivity index (χ1n) is 6.15. The molecular weight excluding hydrogens is 222 g/mol. The van der Waals surface area contributed by atoms with Crippen LogP contribution in [0.5, 0.6) is 0 Å². The molecule has 2 N–H and O–H groups in total. The van der Waals surface area contributed by atoms with E-state index in [0.717, 1.165) is 29.8 Å². The van der Waals surface area contributed by atoms with Crippen molar-refractivity contribution in [2.24, 2.45) is 0 Å². The van der Waals surface area contributed by atoms with E-state index in [-0.39, 0.29) is 0 Å². The van der Waals surface area contributed by atoms with Gasteiger partial charge >= 0.3 is 0 Å². The maximum atomic E-state index is 6.05. The van der Waals surface area contributed by atoms with E-state index in [2.05, 4.69) is 36.4 Å². The molecule has 0 aliphatic rings. The van der Waals surface area contributed by atoms with E-state index in [1.807, 2.05) is 13.0 Å². The predicted molar refractivity (Wildman–Crippen MR) is 76.6 cm³/mol. The fourth-order valence-electron chi connectivity index (χ4n) is 2.02. The van der Waals surface area contributed by atoms with Gasteiger partial charge in [-0.05, 0) is 36.1 Å². The van der Waals surface area contributed by atoms with Crippen LogP contribution in [-0.2, 0) is 11.2 Å². The highest BCUT2D eigenvalue weighted by atomic mass is 16.5. The number of ether oxygens (including phenoxy) is 1. The topological polar surface area (TPSA) is 35.2 Å². The van der Waals surface area contributed by atoms with Gasteiger partial charge in [0.25, 0.3) is 0 Å². The van der Waals surface area contributed by atoms with Gasteiger partial charge in [-0.1, -0.05) is 36.4 Å². The quantitative estimate of drug-likeness (QED) is 0.832. The monoisotopic (exact) mass is 241 g/mol. The van der Waals surface area contributed by atoms with Gasteiger partial charge in [-0.15, -0.1) is 0 Å². The van der Waals surface area contributed by atoms with Crippen LogP contribution in [-0.4, -0.2) is 13.7 Å². The average Bonchev–Trinajstić information content (AvgIpc) is 2.37. The Morgan fingerprint density at radius 1 is 1.06 bits per heavy atom. The summed E-state index contributed by atoms with van der Waals surface area (Å²) < 4.78 is 5.07. The highest BCUT2D eigenvalue weighted by Gasteiger charge is 2.02. The van der Waals surface area contributed by atoms with Crippen LogP contribution in [0.4, 0.5) is 5.69 Å². The normalized spacial score (nSPS) is 10.6. The third kappa shape index (κ3) is 2.90. The average molecular weight is 241 g/mol. The lowest BCUT2D eigenvalue weighted by molar-refractivity contribution is 0.202. The van der Waals surface area contributed by atoms with Crippen molar-refractivity contribution in [1.82, 2.24) is 0 Å². The number of rotatable bonds is 4. The van der Waals surface area contributed by atoms with Crippen LogP contribution in [0.25, 0.3) is 11.1 Å². The largest absolute Gasteiger partial charge is 0.398 e. The maximum absolute atomic E-state index is 6.05. The van der Waals surface area contributed by atoms with Gasteiger partial charge in [-0.25, -0.2) is 0 Å². The minimum atomic E-state index is 0.756. The summed E-state index contributed by atoms with van der Waals surface area (Å²) in [5, 5.41) is 0. The molecule has 0 spiro atoms. The summed E-state index contributed by atoms with van der Waals surface area (Å²) in [6, 6.07) is 14.7. The van der Waals surface area contributed by atoms with Crippen LogP contribution < -0.4 is 5.73 Å². The number of hydrogen-bond acceptors (Lipinski definition) is 2. The van der Waals surface area contributed by atoms with Gasteiger partial charge in [0, 0.05) is 18.4 Å². The summed E-state index contributed by atoms with van der Waals surface area (Å²) in [6.07, 6.45) is 0.945. The molecule has 0 saturated heterocycles. The zero-order valence-electron chi connectivity index (χ0n) is 10.9. The first-order chi connectivity index (χ1) is 8.70. The van der Waals surface area contributed by atoms with Gasteiger partial charge in [-0.2, -0.15) is 0 Å². The summed E-state index contributed by atoms with van der Waals surface area (Å²) in [5.41, 5.74) is 11.6. The summed E-state index contributed by atoms with van der Waals surface area (Å²) >= 11 is 0. The molecule has 0 aliphatic carbocycles. The molecule has 0 fully saturated rings. The highest BCUT2D eigenvalue weighted by Crippen LogP contribution is 2.26. The first-order valence-corrected chi connectivity index (χ1v) is 6.15. The van der Waals surface area contributed by atoms with Gasteiger partial charge < -0.3 is 10.5 Å². The van der Waals surface area contributed by atoms with E-state index in [1.54, 1.807) is 7.11 Å². The number of methoxy groups -OCH3 is 1. The Labute approximate surface area is 108 Å². The van der Waals surface area contributed by atoms with Crippen LogP contribution in [0.1, 0.15) is 11.1 Å². The van der Waals surface area contributed by atoms with E-state index < -0.39 is 0 Å². The molecule has 0 unspecified atom stereocenters. The van der Waals surface area contributed by atoms with E-state index >= 15 is 0 Å². The lowest BCUT2D eigenvalue weighted by atomic mass is 10.0. The van der Waals surface area contributed by atoms with Crippen LogP contribution in [0.2, 0.25) is 0 Å². The van der Waals surface area contributed by atoms with Crippen molar-refractivity contribution in [1.29, 1.82) is 0 Å². The fraction of sp³-hybridized carbons (Fsp3) is 0.250. The van der Waals surface area contributed by atoms with E-state index in [1.165, 1.54) is 11.1 Å². The molecule has 0 aromatic heterocycles. The number of nitrogen functional groups attached to an aromatic ring is 1. The molecule has 0 aliphatic heterocycles. The zero-order chi connectivity index (χ0) is 13.0. The maximum Gasteiger partial charge on any atom is 0.0502 e. The van der Waals surface area contributed by atoms with Crippen LogP contribution in [0.15, 0.2) is 42.5 Å². The lowest BCUT2D eigenvalue weighted by Gasteiger charge is -2.08. The number of hydrogen-bond donors (Lipinski definition) is 1. The van der Waals surface area contributed by atoms with Crippen LogP contribution >= 0.6 is 0 Å². The zero-order valence-corrected chi connectivity index (χ0v) is 10.9. The smallest absolute Gasteiger partial charge is 0.0502 e. The lowest BCUT2D eigenvalue weighted by Crippen LogP contribution is -1.95. The third-order valence-electron chi connectivity index (χ3n) is 3.07. The molecule has 2 aromatic carbocycles. The molecule has 0 bridgehead atoms. The van der Waals surface area contributed by atoms with Crippen molar-refractivity contribution in [3.63, 3.8) is 0 Å². The van der Waals surface area contributed by atoms with Crippen molar-refractivity contribution >= 4 is 5.69 Å². The predicted octanol–water partition coefficient (Wildman–Crippen LogP) is 3.43. The molecule has 2 nitrogen and oxygen atoms in total. The Hall–Kier alpha value is -1.80. The highest BCUT2D eigenvalue weighted by molar-refractivity contribution is 5.76. The summed E-state index contributed by atoms with van der Waals surface area (Å²) in [7, 11) is 1.72. The SMILES string of the molecule is COCCc1ccc(-c2ccc(C)cc2N)cc1. The molecule has 0 heterocycles. The van der Waals surface area contributed by atoms with Crippen molar-refractivity contribution < 1.29 is 4.74 Å². The number of benzene rings is 2.